The molecule has 0 amide bonds. The Morgan fingerprint density at radius 3 is 2.37 bits per heavy atom. The van der Waals surface area contributed by atoms with Gasteiger partial charge in [-0.1, -0.05) is 18.2 Å². The second-order valence-electron chi connectivity index (χ2n) is 4.64. The first kappa shape index (κ1) is 13.7. The molecule has 0 unspecified atom stereocenters. The Labute approximate surface area is 116 Å². The number of rotatable bonds is 3. The average Bonchev–Trinajstić information content (AvgIpc) is 2.48. The molecule has 1 aromatic carbocycles. The average molecular weight is 260 g/mol. The highest BCUT2D eigenvalue weighted by molar-refractivity contribution is 5.80. The van der Waals surface area contributed by atoms with Gasteiger partial charge in [-0.15, -0.1) is 0 Å². The summed E-state index contributed by atoms with van der Waals surface area (Å²) in [6, 6.07) is 10.6. The third kappa shape index (κ3) is 3.63. The number of para-hydroxylation sites is 1. The zero-order chi connectivity index (χ0) is 13.5. The molecule has 1 saturated heterocycles. The summed E-state index contributed by atoms with van der Waals surface area (Å²) < 4.78 is 0. The number of anilines is 1. The molecule has 1 aliphatic rings. The van der Waals surface area contributed by atoms with E-state index in [2.05, 4.69) is 64.3 Å². The minimum absolute atomic E-state index is 0.835. The van der Waals surface area contributed by atoms with Gasteiger partial charge in [0.1, 0.15) is 0 Å². The van der Waals surface area contributed by atoms with E-state index in [-0.39, 0.29) is 0 Å². The quantitative estimate of drug-likeness (QED) is 0.664. The SMILES string of the molecule is CCN=C(NCC)N1CCN(c2ccccc2)CC1. The van der Waals surface area contributed by atoms with Gasteiger partial charge in [-0.05, 0) is 26.0 Å². The molecule has 4 nitrogen and oxygen atoms in total. The molecule has 104 valence electrons. The van der Waals surface area contributed by atoms with Crippen molar-refractivity contribution in [2.75, 3.05) is 44.2 Å². The van der Waals surface area contributed by atoms with Crippen molar-refractivity contribution in [1.82, 2.24) is 10.2 Å². The van der Waals surface area contributed by atoms with E-state index in [0.717, 1.165) is 45.2 Å². The van der Waals surface area contributed by atoms with Crippen molar-refractivity contribution >= 4 is 11.6 Å². The Morgan fingerprint density at radius 2 is 1.79 bits per heavy atom. The highest BCUT2D eigenvalue weighted by Gasteiger charge is 2.19. The Bertz CT molecular complexity index is 394. The zero-order valence-electron chi connectivity index (χ0n) is 12.0. The first-order valence-electron chi connectivity index (χ1n) is 7.18. The van der Waals surface area contributed by atoms with E-state index in [1.54, 1.807) is 0 Å². The van der Waals surface area contributed by atoms with Crippen LogP contribution in [0, 0.1) is 0 Å². The number of nitrogens with one attached hydrogen (secondary N) is 1. The van der Waals surface area contributed by atoms with Crippen molar-refractivity contribution in [3.63, 3.8) is 0 Å². The topological polar surface area (TPSA) is 30.9 Å². The number of hydrogen-bond donors (Lipinski definition) is 1. The van der Waals surface area contributed by atoms with Crippen LogP contribution in [0.3, 0.4) is 0 Å². The van der Waals surface area contributed by atoms with Crippen molar-refractivity contribution in [1.29, 1.82) is 0 Å². The van der Waals surface area contributed by atoms with E-state index >= 15 is 0 Å². The van der Waals surface area contributed by atoms with Crippen LogP contribution < -0.4 is 10.2 Å². The number of aliphatic imine (C=N–C) groups is 1. The number of nitrogens with zero attached hydrogens (tertiary/aromatic N) is 3. The van der Waals surface area contributed by atoms with Crippen LogP contribution in [0.1, 0.15) is 13.8 Å². The monoisotopic (exact) mass is 260 g/mol. The van der Waals surface area contributed by atoms with Gasteiger partial charge in [0.05, 0.1) is 0 Å². The van der Waals surface area contributed by atoms with Gasteiger partial charge < -0.3 is 15.1 Å². The largest absolute Gasteiger partial charge is 0.368 e. The van der Waals surface area contributed by atoms with Gasteiger partial charge >= 0.3 is 0 Å². The fraction of sp³-hybridized carbons (Fsp3) is 0.533. The molecule has 0 atom stereocenters. The molecule has 0 radical (unpaired) electrons. The molecule has 0 bridgehead atoms. The van der Waals surface area contributed by atoms with Crippen molar-refractivity contribution in [3.8, 4) is 0 Å². The fourth-order valence-electron chi connectivity index (χ4n) is 2.39. The van der Waals surface area contributed by atoms with E-state index in [0.29, 0.717) is 0 Å². The summed E-state index contributed by atoms with van der Waals surface area (Å²) in [6.07, 6.45) is 0. The van der Waals surface area contributed by atoms with E-state index in [4.69, 9.17) is 0 Å². The van der Waals surface area contributed by atoms with Crippen LogP contribution in [0.25, 0.3) is 0 Å². The van der Waals surface area contributed by atoms with Crippen LogP contribution in [-0.2, 0) is 0 Å². The molecule has 19 heavy (non-hydrogen) atoms. The molecule has 0 aromatic heterocycles. The molecular formula is C15H24N4. The Balaban J connectivity index is 1.93. The normalized spacial score (nSPS) is 16.6. The maximum absolute atomic E-state index is 4.55. The van der Waals surface area contributed by atoms with Crippen molar-refractivity contribution in [2.24, 2.45) is 4.99 Å². The molecule has 1 heterocycles. The number of benzene rings is 1. The summed E-state index contributed by atoms with van der Waals surface area (Å²) in [5.41, 5.74) is 1.32. The number of guanidine groups is 1. The highest BCUT2D eigenvalue weighted by Crippen LogP contribution is 2.15. The van der Waals surface area contributed by atoms with E-state index in [9.17, 15) is 0 Å². The van der Waals surface area contributed by atoms with Gasteiger partial charge in [0.25, 0.3) is 0 Å². The lowest BCUT2D eigenvalue weighted by molar-refractivity contribution is 0.373. The highest BCUT2D eigenvalue weighted by atomic mass is 15.3. The van der Waals surface area contributed by atoms with E-state index in [1.807, 2.05) is 0 Å². The minimum Gasteiger partial charge on any atom is -0.368 e. The maximum Gasteiger partial charge on any atom is 0.194 e. The van der Waals surface area contributed by atoms with Gasteiger partial charge in [-0.2, -0.15) is 0 Å². The van der Waals surface area contributed by atoms with Crippen LogP contribution in [0.15, 0.2) is 35.3 Å². The van der Waals surface area contributed by atoms with Crippen LogP contribution >= 0.6 is 0 Å². The molecule has 1 aromatic rings. The van der Waals surface area contributed by atoms with E-state index < -0.39 is 0 Å². The number of hydrogen-bond acceptors (Lipinski definition) is 2. The molecule has 1 N–H and O–H groups in total. The molecule has 2 rings (SSSR count). The van der Waals surface area contributed by atoms with Crippen LogP contribution in [0.2, 0.25) is 0 Å². The third-order valence-electron chi connectivity index (χ3n) is 3.34. The molecule has 1 fully saturated rings. The van der Waals surface area contributed by atoms with Gasteiger partial charge in [-0.25, -0.2) is 0 Å². The summed E-state index contributed by atoms with van der Waals surface area (Å²) in [4.78, 5) is 9.34. The van der Waals surface area contributed by atoms with Crippen molar-refractivity contribution < 1.29 is 0 Å². The van der Waals surface area contributed by atoms with Gasteiger partial charge in [0, 0.05) is 45.0 Å². The zero-order valence-corrected chi connectivity index (χ0v) is 12.0. The Morgan fingerprint density at radius 1 is 1.11 bits per heavy atom. The molecule has 0 spiro atoms. The van der Waals surface area contributed by atoms with E-state index in [1.165, 1.54) is 5.69 Å². The van der Waals surface area contributed by atoms with Crippen LogP contribution in [-0.4, -0.2) is 50.1 Å². The Hall–Kier alpha value is -1.71. The lowest BCUT2D eigenvalue weighted by Crippen LogP contribution is -2.52. The molecule has 0 aliphatic carbocycles. The van der Waals surface area contributed by atoms with Crippen LogP contribution in [0.4, 0.5) is 5.69 Å². The van der Waals surface area contributed by atoms with Crippen molar-refractivity contribution in [2.45, 2.75) is 13.8 Å². The second-order valence-corrected chi connectivity index (χ2v) is 4.64. The van der Waals surface area contributed by atoms with Crippen molar-refractivity contribution in [3.05, 3.63) is 30.3 Å². The predicted octanol–water partition coefficient (Wildman–Crippen LogP) is 1.79. The minimum atomic E-state index is 0.835. The molecule has 1 aliphatic heterocycles. The smallest absolute Gasteiger partial charge is 0.194 e. The first-order valence-corrected chi connectivity index (χ1v) is 7.18. The lowest BCUT2D eigenvalue weighted by atomic mass is 10.2. The third-order valence-corrected chi connectivity index (χ3v) is 3.34. The number of piperazine rings is 1. The summed E-state index contributed by atoms with van der Waals surface area (Å²) in [6.45, 7) is 10.1. The summed E-state index contributed by atoms with van der Waals surface area (Å²) in [5.74, 6) is 1.05. The molecule has 4 heteroatoms. The summed E-state index contributed by atoms with van der Waals surface area (Å²) in [5, 5.41) is 3.37. The standard InChI is InChI=1S/C15H24N4/c1-3-16-15(17-4-2)19-12-10-18(11-13-19)14-8-6-5-7-9-14/h5-9H,3-4,10-13H2,1-2H3,(H,16,17). The predicted molar refractivity (Wildman–Crippen MR) is 81.9 cm³/mol. The maximum atomic E-state index is 4.55. The van der Waals surface area contributed by atoms with Gasteiger partial charge in [0.15, 0.2) is 5.96 Å². The first-order chi connectivity index (χ1) is 9.35. The summed E-state index contributed by atoms with van der Waals surface area (Å²) >= 11 is 0. The summed E-state index contributed by atoms with van der Waals surface area (Å²) in [7, 11) is 0. The lowest BCUT2D eigenvalue weighted by Gasteiger charge is -2.37. The molecular weight excluding hydrogens is 236 g/mol. The molecule has 0 saturated carbocycles. The fourth-order valence-corrected chi connectivity index (χ4v) is 2.39. The van der Waals surface area contributed by atoms with Gasteiger partial charge in [0.2, 0.25) is 0 Å². The van der Waals surface area contributed by atoms with Gasteiger partial charge in [-0.3, -0.25) is 4.99 Å². The second kappa shape index (κ2) is 7.02. The van der Waals surface area contributed by atoms with Crippen LogP contribution in [0.5, 0.6) is 0 Å². The Kier molecular flexibility index (Phi) is 5.07.